The van der Waals surface area contributed by atoms with Crippen molar-refractivity contribution < 1.29 is 14.3 Å². The van der Waals surface area contributed by atoms with Crippen LogP contribution in [0.4, 0.5) is 5.69 Å². The number of fused-ring (bicyclic) bond motifs is 5. The van der Waals surface area contributed by atoms with E-state index in [1.807, 2.05) is 6.92 Å². The van der Waals surface area contributed by atoms with Crippen molar-refractivity contribution in [2.24, 2.45) is 23.2 Å². The second-order valence-electron chi connectivity index (χ2n) is 7.68. The zero-order valence-electron chi connectivity index (χ0n) is 14.8. The Morgan fingerprint density at radius 1 is 1.00 bits per heavy atom. The zero-order chi connectivity index (χ0) is 18.8. The smallest absolute Gasteiger partial charge is 0.241 e. The first kappa shape index (κ1) is 16.6. The Labute approximate surface area is 162 Å². The number of imide groups is 1. The number of carbonyl (C=O) groups excluding carboxylic acids is 2. The van der Waals surface area contributed by atoms with Gasteiger partial charge in [0.05, 0.1) is 17.0 Å². The molecule has 1 saturated carbocycles. The number of rotatable bonds is 3. The fraction of sp³-hybridized carbons (Fsp3) is 0.273. The molecule has 1 saturated heterocycles. The summed E-state index contributed by atoms with van der Waals surface area (Å²) in [6, 6.07) is 14.2. The summed E-state index contributed by atoms with van der Waals surface area (Å²) in [4.78, 5) is 27.5. The monoisotopic (exact) mass is 379 g/mol. The van der Waals surface area contributed by atoms with Crippen LogP contribution in [0.1, 0.15) is 13.3 Å². The van der Waals surface area contributed by atoms with Crippen LogP contribution in [0.3, 0.4) is 0 Å². The average Bonchev–Trinajstić information content (AvgIpc) is 3.30. The molecule has 2 bridgehead atoms. The maximum atomic E-state index is 13.1. The molecule has 2 aliphatic carbocycles. The summed E-state index contributed by atoms with van der Waals surface area (Å²) in [6.45, 7) is 1.95. The van der Waals surface area contributed by atoms with Crippen LogP contribution in [0, 0.1) is 23.2 Å². The highest BCUT2D eigenvalue weighted by atomic mass is 35.5. The van der Waals surface area contributed by atoms with Crippen LogP contribution >= 0.6 is 11.6 Å². The Balaban J connectivity index is 1.40. The normalized spacial score (nSPS) is 30.9. The molecule has 4 nitrogen and oxygen atoms in total. The van der Waals surface area contributed by atoms with Crippen LogP contribution in [0.25, 0.3) is 0 Å². The number of hydrogen-bond acceptors (Lipinski definition) is 3. The van der Waals surface area contributed by atoms with E-state index in [9.17, 15) is 9.59 Å². The van der Waals surface area contributed by atoms with E-state index < -0.39 is 5.41 Å². The van der Waals surface area contributed by atoms with E-state index in [4.69, 9.17) is 16.3 Å². The standard InChI is InChI=1S/C22H18ClNO3/c1-22-14-3-2-13(12-14)19(22)20(25)24(21(22)26)16-6-10-18(11-7-16)27-17-8-4-15(23)5-9-17/h2-11,13-14,19H,12H2,1H3/t13-,14-,19+,22+/m0/s1. The number of ether oxygens (including phenoxy) is 1. The lowest BCUT2D eigenvalue weighted by atomic mass is 9.71. The Kier molecular flexibility index (Phi) is 3.50. The Bertz CT molecular complexity index is 966. The number of benzene rings is 2. The highest BCUT2D eigenvalue weighted by Gasteiger charge is 2.67. The Hall–Kier alpha value is -2.59. The minimum Gasteiger partial charge on any atom is -0.457 e. The number of anilines is 1. The van der Waals surface area contributed by atoms with Crippen LogP contribution in [-0.4, -0.2) is 11.8 Å². The van der Waals surface area contributed by atoms with E-state index >= 15 is 0 Å². The second-order valence-corrected chi connectivity index (χ2v) is 8.12. The topological polar surface area (TPSA) is 46.6 Å². The maximum Gasteiger partial charge on any atom is 0.241 e. The lowest BCUT2D eigenvalue weighted by Crippen LogP contribution is -2.37. The van der Waals surface area contributed by atoms with Crippen molar-refractivity contribution in [2.75, 3.05) is 4.90 Å². The largest absolute Gasteiger partial charge is 0.457 e. The summed E-state index contributed by atoms with van der Waals surface area (Å²) < 4.78 is 5.79. The van der Waals surface area contributed by atoms with E-state index in [-0.39, 0.29) is 29.6 Å². The summed E-state index contributed by atoms with van der Waals surface area (Å²) in [5.41, 5.74) is -0.00176. The SMILES string of the molecule is C[C@]12C(=O)N(c3ccc(Oc4ccc(Cl)cc4)cc3)C(=O)[C@H]1[C@H]1C=C[C@H]2C1. The van der Waals surface area contributed by atoms with Gasteiger partial charge in [-0.1, -0.05) is 23.8 Å². The highest BCUT2D eigenvalue weighted by molar-refractivity contribution is 6.30. The van der Waals surface area contributed by atoms with Gasteiger partial charge in [0.15, 0.2) is 0 Å². The van der Waals surface area contributed by atoms with Gasteiger partial charge in [-0.15, -0.1) is 0 Å². The van der Waals surface area contributed by atoms with Crippen LogP contribution < -0.4 is 9.64 Å². The maximum absolute atomic E-state index is 13.1. The number of halogens is 1. The molecule has 2 aromatic rings. The molecule has 0 aromatic heterocycles. The van der Waals surface area contributed by atoms with Crippen molar-refractivity contribution in [3.63, 3.8) is 0 Å². The van der Waals surface area contributed by atoms with Gasteiger partial charge in [0.1, 0.15) is 11.5 Å². The summed E-state index contributed by atoms with van der Waals surface area (Å²) in [5.74, 6) is 1.27. The van der Waals surface area contributed by atoms with Crippen molar-refractivity contribution in [3.8, 4) is 11.5 Å². The molecular weight excluding hydrogens is 362 g/mol. The minimum absolute atomic E-state index is 0.0780. The van der Waals surface area contributed by atoms with E-state index in [1.165, 1.54) is 4.90 Å². The van der Waals surface area contributed by atoms with Crippen molar-refractivity contribution in [2.45, 2.75) is 13.3 Å². The molecular formula is C22H18ClNO3. The second kappa shape index (κ2) is 5.70. The molecule has 136 valence electrons. The highest BCUT2D eigenvalue weighted by Crippen LogP contribution is 2.60. The van der Waals surface area contributed by atoms with Crippen LogP contribution in [0.15, 0.2) is 60.7 Å². The van der Waals surface area contributed by atoms with Gasteiger partial charge in [0.2, 0.25) is 11.8 Å². The number of nitrogens with zero attached hydrogens (tertiary/aromatic N) is 1. The molecule has 1 aliphatic heterocycles. The van der Waals surface area contributed by atoms with Crippen molar-refractivity contribution in [3.05, 3.63) is 65.7 Å². The van der Waals surface area contributed by atoms with Crippen LogP contribution in [0.2, 0.25) is 5.02 Å². The molecule has 27 heavy (non-hydrogen) atoms. The fourth-order valence-corrected chi connectivity index (χ4v) is 4.98. The van der Waals surface area contributed by atoms with Crippen molar-refractivity contribution in [1.29, 1.82) is 0 Å². The first-order valence-corrected chi connectivity index (χ1v) is 9.46. The molecule has 2 aromatic carbocycles. The third-order valence-electron chi connectivity index (χ3n) is 6.26. The van der Waals surface area contributed by atoms with Gasteiger partial charge >= 0.3 is 0 Å². The summed E-state index contributed by atoms with van der Waals surface area (Å²) in [5, 5.41) is 0.645. The zero-order valence-corrected chi connectivity index (χ0v) is 15.5. The molecule has 5 heteroatoms. The van der Waals surface area contributed by atoms with Crippen molar-refractivity contribution >= 4 is 29.1 Å². The van der Waals surface area contributed by atoms with E-state index in [0.29, 0.717) is 22.2 Å². The Morgan fingerprint density at radius 3 is 2.26 bits per heavy atom. The van der Waals surface area contributed by atoms with Gasteiger partial charge in [-0.2, -0.15) is 0 Å². The molecule has 0 spiro atoms. The van der Waals surface area contributed by atoms with Gasteiger partial charge in [0, 0.05) is 5.02 Å². The summed E-state index contributed by atoms with van der Waals surface area (Å²) in [6.07, 6.45) is 5.13. The predicted molar refractivity (Wildman–Crippen MR) is 103 cm³/mol. The third-order valence-corrected chi connectivity index (χ3v) is 6.51. The average molecular weight is 380 g/mol. The number of allylic oxidation sites excluding steroid dienone is 2. The summed E-state index contributed by atoms with van der Waals surface area (Å²) >= 11 is 5.88. The summed E-state index contributed by atoms with van der Waals surface area (Å²) in [7, 11) is 0. The quantitative estimate of drug-likeness (QED) is 0.566. The molecule has 2 amide bonds. The molecule has 0 N–H and O–H groups in total. The first-order valence-electron chi connectivity index (χ1n) is 9.08. The van der Waals surface area contributed by atoms with E-state index in [1.54, 1.807) is 48.5 Å². The number of amides is 2. The molecule has 3 aliphatic rings. The van der Waals surface area contributed by atoms with Gasteiger partial charge in [0.25, 0.3) is 0 Å². The van der Waals surface area contributed by atoms with E-state index in [0.717, 1.165) is 6.42 Å². The Morgan fingerprint density at radius 2 is 1.63 bits per heavy atom. The van der Waals surface area contributed by atoms with Gasteiger partial charge in [-0.25, -0.2) is 4.90 Å². The first-order chi connectivity index (χ1) is 13.0. The van der Waals surface area contributed by atoms with Gasteiger partial charge < -0.3 is 4.74 Å². The minimum atomic E-state index is -0.602. The molecule has 5 rings (SSSR count). The molecule has 2 fully saturated rings. The van der Waals surface area contributed by atoms with Crippen molar-refractivity contribution in [1.82, 2.24) is 0 Å². The molecule has 0 radical (unpaired) electrons. The van der Waals surface area contributed by atoms with Crippen LogP contribution in [0.5, 0.6) is 11.5 Å². The molecule has 1 heterocycles. The van der Waals surface area contributed by atoms with Gasteiger partial charge in [-0.05, 0) is 73.7 Å². The molecule has 4 atom stereocenters. The van der Waals surface area contributed by atoms with Crippen LogP contribution in [-0.2, 0) is 9.59 Å². The van der Waals surface area contributed by atoms with E-state index in [2.05, 4.69) is 12.2 Å². The van der Waals surface area contributed by atoms with Gasteiger partial charge in [-0.3, -0.25) is 9.59 Å². The number of carbonyl (C=O) groups is 2. The lowest BCUT2D eigenvalue weighted by molar-refractivity contribution is -0.127. The fourth-order valence-electron chi connectivity index (χ4n) is 4.85. The third kappa shape index (κ3) is 2.29. The lowest BCUT2D eigenvalue weighted by Gasteiger charge is -2.28. The number of hydrogen-bond donors (Lipinski definition) is 0. The molecule has 0 unspecified atom stereocenters. The predicted octanol–water partition coefficient (Wildman–Crippen LogP) is 4.83.